The molecular formula is C29H28P2. The van der Waals surface area contributed by atoms with Crippen molar-refractivity contribution in [2.24, 2.45) is 0 Å². The maximum absolute atomic E-state index is 2.62. The SMILES string of the molecule is CCC/C(=C/P(c1ccccc1)c1ccccc1)P(c1ccccc1)c1ccccc1. The zero-order valence-corrected chi connectivity index (χ0v) is 19.7. The average Bonchev–Trinajstić information content (AvgIpc) is 2.85. The van der Waals surface area contributed by atoms with Crippen LogP contribution in [0.15, 0.2) is 132 Å². The summed E-state index contributed by atoms with van der Waals surface area (Å²) in [5, 5.41) is 7.26. The Bertz CT molecular complexity index is 996. The molecule has 0 amide bonds. The molecule has 0 saturated carbocycles. The average molecular weight is 438 g/mol. The van der Waals surface area contributed by atoms with E-state index in [2.05, 4.69) is 134 Å². The summed E-state index contributed by atoms with van der Waals surface area (Å²) >= 11 is 0. The van der Waals surface area contributed by atoms with Crippen LogP contribution in [0.25, 0.3) is 0 Å². The fourth-order valence-electron chi connectivity index (χ4n) is 3.75. The molecule has 0 saturated heterocycles. The molecule has 2 heteroatoms. The van der Waals surface area contributed by atoms with Crippen molar-refractivity contribution >= 4 is 37.1 Å². The van der Waals surface area contributed by atoms with Gasteiger partial charge in [-0.1, -0.05) is 135 Å². The summed E-state index contributed by atoms with van der Waals surface area (Å²) in [6.07, 6.45) is 2.27. The van der Waals surface area contributed by atoms with Crippen LogP contribution in [0.2, 0.25) is 0 Å². The van der Waals surface area contributed by atoms with Gasteiger partial charge < -0.3 is 0 Å². The highest BCUT2D eigenvalue weighted by molar-refractivity contribution is 7.80. The van der Waals surface area contributed by atoms with E-state index in [9.17, 15) is 0 Å². The maximum Gasteiger partial charge on any atom is -0.0154 e. The van der Waals surface area contributed by atoms with Crippen LogP contribution < -0.4 is 21.2 Å². The molecule has 0 aliphatic heterocycles. The van der Waals surface area contributed by atoms with Gasteiger partial charge >= 0.3 is 0 Å². The molecule has 0 unspecified atom stereocenters. The first kappa shape index (κ1) is 21.7. The van der Waals surface area contributed by atoms with Gasteiger partial charge in [-0.3, -0.25) is 0 Å². The van der Waals surface area contributed by atoms with Crippen LogP contribution in [-0.4, -0.2) is 0 Å². The molecule has 0 bridgehead atoms. The molecule has 31 heavy (non-hydrogen) atoms. The lowest BCUT2D eigenvalue weighted by Crippen LogP contribution is -2.14. The first-order valence-electron chi connectivity index (χ1n) is 10.9. The van der Waals surface area contributed by atoms with Gasteiger partial charge in [0, 0.05) is 0 Å². The minimum Gasteiger partial charge on any atom is -0.0651 e. The van der Waals surface area contributed by atoms with E-state index >= 15 is 0 Å². The Kier molecular flexibility index (Phi) is 7.84. The maximum atomic E-state index is 2.62. The fourth-order valence-corrected chi connectivity index (χ4v) is 8.92. The largest absolute Gasteiger partial charge is 0.0651 e. The second-order valence-corrected chi connectivity index (χ2v) is 11.7. The summed E-state index contributed by atoms with van der Waals surface area (Å²) in [5.41, 5.74) is 0. The minimum absolute atomic E-state index is 0.556. The lowest BCUT2D eigenvalue weighted by Gasteiger charge is -2.25. The van der Waals surface area contributed by atoms with E-state index in [1.165, 1.54) is 21.2 Å². The van der Waals surface area contributed by atoms with Gasteiger partial charge in [0.25, 0.3) is 0 Å². The van der Waals surface area contributed by atoms with E-state index in [1.54, 1.807) is 5.31 Å². The molecule has 0 fully saturated rings. The van der Waals surface area contributed by atoms with Crippen LogP contribution in [0.4, 0.5) is 0 Å². The Labute approximate surface area is 189 Å². The molecule has 0 N–H and O–H groups in total. The monoisotopic (exact) mass is 438 g/mol. The third kappa shape index (κ3) is 5.59. The van der Waals surface area contributed by atoms with Crippen molar-refractivity contribution in [2.45, 2.75) is 19.8 Å². The van der Waals surface area contributed by atoms with E-state index in [-0.39, 0.29) is 0 Å². The molecule has 0 aliphatic carbocycles. The van der Waals surface area contributed by atoms with Crippen molar-refractivity contribution in [1.82, 2.24) is 0 Å². The molecule has 154 valence electrons. The third-order valence-corrected chi connectivity index (χ3v) is 10.2. The highest BCUT2D eigenvalue weighted by atomic mass is 31.1. The van der Waals surface area contributed by atoms with Crippen LogP contribution in [0.5, 0.6) is 0 Å². The van der Waals surface area contributed by atoms with Crippen LogP contribution >= 0.6 is 15.8 Å². The molecule has 0 aromatic heterocycles. The lowest BCUT2D eigenvalue weighted by molar-refractivity contribution is 0.947. The molecule has 0 atom stereocenters. The molecule has 0 nitrogen and oxygen atoms in total. The first-order valence-corrected chi connectivity index (χ1v) is 13.6. The zero-order valence-electron chi connectivity index (χ0n) is 17.9. The van der Waals surface area contributed by atoms with Gasteiger partial charge in [-0.25, -0.2) is 0 Å². The van der Waals surface area contributed by atoms with E-state index in [1.807, 2.05) is 0 Å². The predicted molar refractivity (Wildman–Crippen MR) is 141 cm³/mol. The van der Waals surface area contributed by atoms with Crippen LogP contribution in [0, 0.1) is 0 Å². The lowest BCUT2D eigenvalue weighted by atomic mass is 10.3. The van der Waals surface area contributed by atoms with Crippen LogP contribution in [0.3, 0.4) is 0 Å². The van der Waals surface area contributed by atoms with Gasteiger partial charge in [0.15, 0.2) is 0 Å². The Morgan fingerprint density at radius 2 is 0.903 bits per heavy atom. The summed E-state index contributed by atoms with van der Waals surface area (Å²) in [6.45, 7) is 2.30. The molecule has 0 spiro atoms. The standard InChI is InChI=1S/C29H28P2/c1-2-15-29(31(27-20-11-5-12-21-27)28-22-13-6-14-23-28)24-30(25-16-7-3-8-17-25)26-18-9-4-10-19-26/h3-14,16-24H,2,15H2,1H3/b29-24-. The third-order valence-electron chi connectivity index (χ3n) is 5.17. The van der Waals surface area contributed by atoms with E-state index in [0.717, 1.165) is 12.8 Å². The normalized spacial score (nSPS) is 11.8. The van der Waals surface area contributed by atoms with Crippen molar-refractivity contribution < 1.29 is 0 Å². The van der Waals surface area contributed by atoms with Gasteiger partial charge in [-0.15, -0.1) is 0 Å². The highest BCUT2D eigenvalue weighted by Gasteiger charge is 2.21. The highest BCUT2D eigenvalue weighted by Crippen LogP contribution is 2.50. The van der Waals surface area contributed by atoms with Crippen molar-refractivity contribution in [3.63, 3.8) is 0 Å². The van der Waals surface area contributed by atoms with Gasteiger partial charge in [0.05, 0.1) is 0 Å². The number of hydrogen-bond donors (Lipinski definition) is 0. The molecule has 0 radical (unpaired) electrons. The second kappa shape index (κ2) is 11.2. The van der Waals surface area contributed by atoms with Gasteiger partial charge in [0.1, 0.15) is 0 Å². The fraction of sp³-hybridized carbons (Fsp3) is 0.103. The summed E-state index contributed by atoms with van der Waals surface area (Å²) < 4.78 is 0. The number of rotatable bonds is 8. The number of benzene rings is 4. The van der Waals surface area contributed by atoms with Crippen molar-refractivity contribution in [3.05, 3.63) is 132 Å². The summed E-state index contributed by atoms with van der Waals surface area (Å²) in [6, 6.07) is 44.2. The van der Waals surface area contributed by atoms with E-state index < -0.39 is 15.8 Å². The number of allylic oxidation sites excluding steroid dienone is 1. The Morgan fingerprint density at radius 1 is 0.548 bits per heavy atom. The van der Waals surface area contributed by atoms with E-state index in [4.69, 9.17) is 0 Å². The topological polar surface area (TPSA) is 0 Å². The molecule has 4 aromatic carbocycles. The molecule has 0 aliphatic rings. The molecular weight excluding hydrogens is 410 g/mol. The second-order valence-electron chi connectivity index (χ2n) is 7.42. The zero-order chi connectivity index (χ0) is 21.3. The quantitative estimate of drug-likeness (QED) is 0.263. The first-order chi connectivity index (χ1) is 15.4. The Hall–Kier alpha value is -2.52. The number of hydrogen-bond acceptors (Lipinski definition) is 0. The van der Waals surface area contributed by atoms with Gasteiger partial charge in [-0.05, 0) is 54.6 Å². The van der Waals surface area contributed by atoms with Gasteiger partial charge in [-0.2, -0.15) is 0 Å². The summed E-state index contributed by atoms with van der Waals surface area (Å²) in [4.78, 5) is 0. The Morgan fingerprint density at radius 3 is 1.26 bits per heavy atom. The molecule has 4 rings (SSSR count). The predicted octanol–water partition coefficient (Wildman–Crippen LogP) is 6.89. The van der Waals surface area contributed by atoms with Gasteiger partial charge in [0.2, 0.25) is 0 Å². The molecule has 0 heterocycles. The minimum atomic E-state index is -0.561. The molecule has 4 aromatic rings. The van der Waals surface area contributed by atoms with Crippen molar-refractivity contribution in [3.8, 4) is 0 Å². The summed E-state index contributed by atoms with van der Waals surface area (Å²) in [5.74, 6) is 2.62. The van der Waals surface area contributed by atoms with E-state index in [0.29, 0.717) is 0 Å². The smallest absolute Gasteiger partial charge is 0.0154 e. The van der Waals surface area contributed by atoms with Crippen molar-refractivity contribution in [2.75, 3.05) is 0 Å². The van der Waals surface area contributed by atoms with Crippen LogP contribution in [0.1, 0.15) is 19.8 Å². The van der Waals surface area contributed by atoms with Crippen molar-refractivity contribution in [1.29, 1.82) is 0 Å². The summed E-state index contributed by atoms with van der Waals surface area (Å²) in [7, 11) is -1.12. The Balaban J connectivity index is 1.87. The van der Waals surface area contributed by atoms with Crippen LogP contribution in [-0.2, 0) is 0 Å².